The van der Waals surface area contributed by atoms with Crippen molar-refractivity contribution in [1.82, 2.24) is 10.2 Å². The van der Waals surface area contributed by atoms with Crippen LogP contribution >= 0.6 is 0 Å². The second kappa shape index (κ2) is 10.0. The zero-order chi connectivity index (χ0) is 15.7. The van der Waals surface area contributed by atoms with E-state index in [0.29, 0.717) is 18.0 Å². The average Bonchev–Trinajstić information content (AvgIpc) is 2.45. The Balaban J connectivity index is 2.21. The molecule has 0 bridgehead atoms. The van der Waals surface area contributed by atoms with E-state index in [4.69, 9.17) is 10.5 Å². The van der Waals surface area contributed by atoms with Crippen LogP contribution in [0.2, 0.25) is 0 Å². The summed E-state index contributed by atoms with van der Waals surface area (Å²) in [6, 6.07) is 0.816. The van der Waals surface area contributed by atoms with Gasteiger partial charge in [0.05, 0.1) is 19.8 Å². The number of nitrogens with one attached hydrogen (secondary N) is 1. The lowest BCUT2D eigenvalue weighted by atomic mass is 10.0. The van der Waals surface area contributed by atoms with Gasteiger partial charge in [-0.3, -0.25) is 9.89 Å². The molecule has 21 heavy (non-hydrogen) atoms. The largest absolute Gasteiger partial charge is 0.379 e. The molecule has 0 amide bonds. The maximum Gasteiger partial charge on any atom is 0.188 e. The maximum atomic E-state index is 5.98. The van der Waals surface area contributed by atoms with Gasteiger partial charge in [0.15, 0.2) is 5.96 Å². The van der Waals surface area contributed by atoms with Crippen LogP contribution in [0.4, 0.5) is 0 Å². The molecule has 5 heteroatoms. The van der Waals surface area contributed by atoms with Crippen LogP contribution in [0, 0.1) is 5.92 Å². The SMILES string of the molecule is CC(C)CCCC(C)NC(N)=NCC(C)N1CCOCC1. The van der Waals surface area contributed by atoms with Crippen molar-refractivity contribution in [3.05, 3.63) is 0 Å². The van der Waals surface area contributed by atoms with Gasteiger partial charge >= 0.3 is 0 Å². The first-order chi connectivity index (χ1) is 9.99. The summed E-state index contributed by atoms with van der Waals surface area (Å²) < 4.78 is 5.37. The Morgan fingerprint density at radius 2 is 1.86 bits per heavy atom. The van der Waals surface area contributed by atoms with Gasteiger partial charge in [-0.05, 0) is 26.2 Å². The van der Waals surface area contributed by atoms with Crippen LogP contribution in [0.3, 0.4) is 0 Å². The van der Waals surface area contributed by atoms with E-state index in [2.05, 4.69) is 42.9 Å². The molecule has 1 fully saturated rings. The molecule has 1 saturated heterocycles. The fraction of sp³-hybridized carbons (Fsp3) is 0.938. The van der Waals surface area contributed by atoms with Crippen molar-refractivity contribution in [3.63, 3.8) is 0 Å². The standard InChI is InChI=1S/C16H34N4O/c1-13(2)6-5-7-14(3)19-16(17)18-12-15(4)20-8-10-21-11-9-20/h13-15H,5-12H2,1-4H3,(H3,17,18,19). The highest BCUT2D eigenvalue weighted by Gasteiger charge is 2.16. The number of nitrogens with zero attached hydrogens (tertiary/aromatic N) is 2. The third-order valence-corrected chi connectivity index (χ3v) is 4.01. The van der Waals surface area contributed by atoms with Crippen molar-refractivity contribution in [2.75, 3.05) is 32.8 Å². The summed E-state index contributed by atoms with van der Waals surface area (Å²) in [7, 11) is 0. The van der Waals surface area contributed by atoms with Gasteiger partial charge in [-0.25, -0.2) is 0 Å². The number of morpholine rings is 1. The molecule has 5 nitrogen and oxygen atoms in total. The minimum absolute atomic E-state index is 0.395. The Morgan fingerprint density at radius 3 is 2.48 bits per heavy atom. The van der Waals surface area contributed by atoms with Gasteiger partial charge in [-0.15, -0.1) is 0 Å². The molecule has 124 valence electrons. The quantitative estimate of drug-likeness (QED) is 0.530. The van der Waals surface area contributed by atoms with Crippen molar-refractivity contribution in [2.24, 2.45) is 16.6 Å². The van der Waals surface area contributed by atoms with Crippen molar-refractivity contribution in [2.45, 2.75) is 59.0 Å². The second-order valence-electron chi connectivity index (χ2n) is 6.59. The average molecular weight is 298 g/mol. The topological polar surface area (TPSA) is 62.9 Å². The van der Waals surface area contributed by atoms with Gasteiger partial charge in [0, 0.05) is 25.2 Å². The molecular formula is C16H34N4O. The number of guanidine groups is 1. The highest BCUT2D eigenvalue weighted by Crippen LogP contribution is 2.08. The lowest BCUT2D eigenvalue weighted by Crippen LogP contribution is -2.44. The third-order valence-electron chi connectivity index (χ3n) is 4.01. The van der Waals surface area contributed by atoms with E-state index in [9.17, 15) is 0 Å². The minimum atomic E-state index is 0.395. The van der Waals surface area contributed by atoms with Gasteiger partial charge in [0.25, 0.3) is 0 Å². The van der Waals surface area contributed by atoms with Gasteiger partial charge in [0.1, 0.15) is 0 Å². The summed E-state index contributed by atoms with van der Waals surface area (Å²) in [5.41, 5.74) is 5.98. The zero-order valence-corrected chi connectivity index (χ0v) is 14.3. The van der Waals surface area contributed by atoms with Gasteiger partial charge in [-0.2, -0.15) is 0 Å². The van der Waals surface area contributed by atoms with Crippen LogP contribution in [-0.4, -0.2) is 55.8 Å². The predicted octanol–water partition coefficient (Wildman–Crippen LogP) is 1.83. The lowest BCUT2D eigenvalue weighted by molar-refractivity contribution is 0.0220. The van der Waals surface area contributed by atoms with Crippen molar-refractivity contribution in [3.8, 4) is 0 Å². The summed E-state index contributed by atoms with van der Waals surface area (Å²) in [5.74, 6) is 1.35. The van der Waals surface area contributed by atoms with E-state index in [0.717, 1.165) is 45.2 Å². The van der Waals surface area contributed by atoms with E-state index in [1.807, 2.05) is 0 Å². The fourth-order valence-corrected chi connectivity index (χ4v) is 2.57. The maximum absolute atomic E-state index is 5.98. The Hall–Kier alpha value is -0.810. The molecule has 2 atom stereocenters. The number of aliphatic imine (C=N–C) groups is 1. The van der Waals surface area contributed by atoms with Crippen LogP contribution < -0.4 is 11.1 Å². The Labute approximate surface area is 130 Å². The number of nitrogens with two attached hydrogens (primary N) is 1. The van der Waals surface area contributed by atoms with E-state index in [-0.39, 0.29) is 0 Å². The molecule has 1 heterocycles. The molecule has 0 aromatic carbocycles. The fourth-order valence-electron chi connectivity index (χ4n) is 2.57. The normalized spacial score (nSPS) is 20.5. The number of hydrogen-bond donors (Lipinski definition) is 2. The predicted molar refractivity (Wildman–Crippen MR) is 89.6 cm³/mol. The summed E-state index contributed by atoms with van der Waals surface area (Å²) in [6.07, 6.45) is 3.66. The van der Waals surface area contributed by atoms with Gasteiger partial charge < -0.3 is 15.8 Å². The highest BCUT2D eigenvalue weighted by atomic mass is 16.5. The first-order valence-electron chi connectivity index (χ1n) is 8.37. The molecule has 0 aliphatic carbocycles. The third kappa shape index (κ3) is 8.27. The number of rotatable bonds is 8. The molecule has 1 rings (SSSR count). The van der Waals surface area contributed by atoms with E-state index in [1.165, 1.54) is 12.8 Å². The highest BCUT2D eigenvalue weighted by molar-refractivity contribution is 5.78. The summed E-state index contributed by atoms with van der Waals surface area (Å²) in [4.78, 5) is 6.89. The van der Waals surface area contributed by atoms with Crippen LogP contribution in [0.1, 0.15) is 47.0 Å². The monoisotopic (exact) mass is 298 g/mol. The van der Waals surface area contributed by atoms with Crippen LogP contribution in [0.15, 0.2) is 4.99 Å². The van der Waals surface area contributed by atoms with E-state index in [1.54, 1.807) is 0 Å². The zero-order valence-electron chi connectivity index (χ0n) is 14.3. The molecule has 0 saturated carbocycles. The molecule has 0 aromatic heterocycles. The molecule has 0 spiro atoms. The van der Waals surface area contributed by atoms with Crippen LogP contribution in [0.25, 0.3) is 0 Å². The van der Waals surface area contributed by atoms with E-state index < -0.39 is 0 Å². The molecule has 0 radical (unpaired) electrons. The lowest BCUT2D eigenvalue weighted by Gasteiger charge is -2.31. The van der Waals surface area contributed by atoms with Gasteiger partial charge in [0.2, 0.25) is 0 Å². The van der Waals surface area contributed by atoms with Crippen molar-refractivity contribution >= 4 is 5.96 Å². The molecule has 2 unspecified atom stereocenters. The minimum Gasteiger partial charge on any atom is -0.379 e. The van der Waals surface area contributed by atoms with Crippen molar-refractivity contribution < 1.29 is 4.74 Å². The first-order valence-corrected chi connectivity index (χ1v) is 8.37. The van der Waals surface area contributed by atoms with Crippen LogP contribution in [-0.2, 0) is 4.74 Å². The molecule has 3 N–H and O–H groups in total. The molecule has 0 aromatic rings. The summed E-state index contributed by atoms with van der Waals surface area (Å²) in [6.45, 7) is 13.3. The number of hydrogen-bond acceptors (Lipinski definition) is 3. The Morgan fingerprint density at radius 1 is 1.19 bits per heavy atom. The summed E-state index contributed by atoms with van der Waals surface area (Å²) in [5, 5.41) is 3.30. The van der Waals surface area contributed by atoms with Crippen LogP contribution in [0.5, 0.6) is 0 Å². The molecule has 1 aliphatic rings. The first kappa shape index (κ1) is 18.2. The second-order valence-corrected chi connectivity index (χ2v) is 6.59. The number of ether oxygens (including phenoxy) is 1. The molecule has 1 aliphatic heterocycles. The molecular weight excluding hydrogens is 264 g/mol. The Bertz CT molecular complexity index is 301. The smallest absolute Gasteiger partial charge is 0.188 e. The van der Waals surface area contributed by atoms with Crippen molar-refractivity contribution in [1.29, 1.82) is 0 Å². The Kier molecular flexibility index (Phi) is 8.69. The van der Waals surface area contributed by atoms with Gasteiger partial charge in [-0.1, -0.05) is 26.7 Å². The summed E-state index contributed by atoms with van der Waals surface area (Å²) >= 11 is 0. The van der Waals surface area contributed by atoms with E-state index >= 15 is 0 Å².